The lowest BCUT2D eigenvalue weighted by Gasteiger charge is -2.08. The van der Waals surface area contributed by atoms with Gasteiger partial charge in [-0.25, -0.2) is 8.78 Å². The molecule has 1 unspecified atom stereocenters. The maximum atomic E-state index is 13.3. The molecule has 0 spiro atoms. The van der Waals surface area contributed by atoms with E-state index in [1.807, 2.05) is 0 Å². The molecule has 0 aliphatic heterocycles. The van der Waals surface area contributed by atoms with Gasteiger partial charge in [0.25, 0.3) is 0 Å². The molecule has 0 N–H and O–H groups in total. The number of ketones is 1. The maximum Gasteiger partial charge on any atom is 0.308 e. The van der Waals surface area contributed by atoms with Crippen LogP contribution < -0.4 is 0 Å². The summed E-state index contributed by atoms with van der Waals surface area (Å²) in [6, 6.07) is 3.36. The predicted octanol–water partition coefficient (Wildman–Crippen LogP) is 2.35. The predicted molar refractivity (Wildman–Crippen MR) is 56.5 cm³/mol. The number of hydrogen-bond donors (Lipinski definition) is 0. The van der Waals surface area contributed by atoms with Crippen LogP contribution in [0.25, 0.3) is 0 Å². The molecule has 0 aliphatic carbocycles. The second-order valence-electron chi connectivity index (χ2n) is 3.65. The topological polar surface area (TPSA) is 43.4 Å². The van der Waals surface area contributed by atoms with Gasteiger partial charge in [-0.1, -0.05) is 13.0 Å². The van der Waals surface area contributed by atoms with Crippen molar-refractivity contribution in [2.75, 3.05) is 7.11 Å². The lowest BCUT2D eigenvalue weighted by atomic mass is 9.99. The van der Waals surface area contributed by atoms with E-state index in [1.165, 1.54) is 26.2 Å². The van der Waals surface area contributed by atoms with Crippen molar-refractivity contribution >= 4 is 11.8 Å². The van der Waals surface area contributed by atoms with Crippen LogP contribution >= 0.6 is 0 Å². The maximum absolute atomic E-state index is 13.3. The van der Waals surface area contributed by atoms with Gasteiger partial charge in [0.05, 0.1) is 18.6 Å². The standard InChI is InChI=1S/C12H12F2O3/c1-7(12(16)17-2)6-10(15)8-4-3-5-9(13)11(8)14/h3-5,7H,6H2,1-2H3. The van der Waals surface area contributed by atoms with Crippen molar-refractivity contribution in [3.8, 4) is 0 Å². The molecule has 0 radical (unpaired) electrons. The highest BCUT2D eigenvalue weighted by Crippen LogP contribution is 2.16. The molecular weight excluding hydrogens is 230 g/mol. The molecule has 0 fully saturated rings. The highest BCUT2D eigenvalue weighted by Gasteiger charge is 2.21. The van der Waals surface area contributed by atoms with E-state index in [9.17, 15) is 18.4 Å². The highest BCUT2D eigenvalue weighted by molar-refractivity contribution is 5.98. The summed E-state index contributed by atoms with van der Waals surface area (Å²) in [5.41, 5.74) is -0.347. The Bertz CT molecular complexity index is 443. The van der Waals surface area contributed by atoms with E-state index in [0.29, 0.717) is 0 Å². The van der Waals surface area contributed by atoms with Crippen LogP contribution in [0.5, 0.6) is 0 Å². The van der Waals surface area contributed by atoms with E-state index in [-0.39, 0.29) is 12.0 Å². The van der Waals surface area contributed by atoms with E-state index in [0.717, 1.165) is 6.07 Å². The van der Waals surface area contributed by atoms with Gasteiger partial charge in [0.2, 0.25) is 0 Å². The Morgan fingerprint density at radius 3 is 2.59 bits per heavy atom. The van der Waals surface area contributed by atoms with Crippen LogP contribution in [0.2, 0.25) is 0 Å². The number of carbonyl (C=O) groups excluding carboxylic acids is 2. The minimum Gasteiger partial charge on any atom is -0.469 e. The molecule has 1 aromatic carbocycles. The van der Waals surface area contributed by atoms with Gasteiger partial charge in [0.1, 0.15) is 0 Å². The Kier molecular flexibility index (Phi) is 4.31. The summed E-state index contributed by atoms with van der Waals surface area (Å²) in [5, 5.41) is 0. The molecule has 1 atom stereocenters. The Labute approximate surface area is 97.4 Å². The van der Waals surface area contributed by atoms with E-state index in [1.54, 1.807) is 0 Å². The van der Waals surface area contributed by atoms with Crippen molar-refractivity contribution in [1.29, 1.82) is 0 Å². The number of ether oxygens (including phenoxy) is 1. The molecule has 0 heterocycles. The Morgan fingerprint density at radius 1 is 1.35 bits per heavy atom. The number of Topliss-reactive ketones (excluding diaryl/α,β-unsaturated/α-hetero) is 1. The van der Waals surface area contributed by atoms with E-state index in [2.05, 4.69) is 4.74 Å². The zero-order chi connectivity index (χ0) is 13.0. The summed E-state index contributed by atoms with van der Waals surface area (Å²) in [7, 11) is 1.20. The van der Waals surface area contributed by atoms with Gasteiger partial charge in [-0.3, -0.25) is 9.59 Å². The fraction of sp³-hybridized carbons (Fsp3) is 0.333. The zero-order valence-electron chi connectivity index (χ0n) is 9.50. The van der Waals surface area contributed by atoms with Gasteiger partial charge in [0, 0.05) is 6.42 Å². The van der Waals surface area contributed by atoms with E-state index >= 15 is 0 Å². The molecule has 3 nitrogen and oxygen atoms in total. The Balaban J connectivity index is 2.84. The third-order valence-electron chi connectivity index (χ3n) is 2.35. The molecule has 0 saturated carbocycles. The fourth-order valence-corrected chi connectivity index (χ4v) is 1.39. The average molecular weight is 242 g/mol. The van der Waals surface area contributed by atoms with Gasteiger partial charge >= 0.3 is 5.97 Å². The van der Waals surface area contributed by atoms with E-state index in [4.69, 9.17) is 0 Å². The van der Waals surface area contributed by atoms with Crippen LogP contribution in [-0.4, -0.2) is 18.9 Å². The van der Waals surface area contributed by atoms with Crippen molar-refractivity contribution in [3.05, 3.63) is 35.4 Å². The summed E-state index contributed by atoms with van der Waals surface area (Å²) >= 11 is 0. The second-order valence-corrected chi connectivity index (χ2v) is 3.65. The van der Waals surface area contributed by atoms with Crippen molar-refractivity contribution in [2.24, 2.45) is 5.92 Å². The SMILES string of the molecule is COC(=O)C(C)CC(=O)c1cccc(F)c1F. The van der Waals surface area contributed by atoms with Crippen LogP contribution in [-0.2, 0) is 9.53 Å². The van der Waals surface area contributed by atoms with Gasteiger partial charge in [0.15, 0.2) is 17.4 Å². The fourth-order valence-electron chi connectivity index (χ4n) is 1.39. The number of benzene rings is 1. The first-order valence-electron chi connectivity index (χ1n) is 5.02. The third kappa shape index (κ3) is 3.09. The molecule has 0 amide bonds. The van der Waals surface area contributed by atoms with Gasteiger partial charge < -0.3 is 4.74 Å². The van der Waals surface area contributed by atoms with Gasteiger partial charge in [-0.2, -0.15) is 0 Å². The highest BCUT2D eigenvalue weighted by atomic mass is 19.2. The Hall–Kier alpha value is -1.78. The van der Waals surface area contributed by atoms with Crippen molar-refractivity contribution < 1.29 is 23.1 Å². The quantitative estimate of drug-likeness (QED) is 0.601. The number of hydrogen-bond acceptors (Lipinski definition) is 3. The molecule has 0 aromatic heterocycles. The molecular formula is C12H12F2O3. The number of rotatable bonds is 4. The Morgan fingerprint density at radius 2 is 2.00 bits per heavy atom. The van der Waals surface area contributed by atoms with Crippen molar-refractivity contribution in [1.82, 2.24) is 0 Å². The second kappa shape index (κ2) is 5.52. The first-order valence-corrected chi connectivity index (χ1v) is 5.02. The number of methoxy groups -OCH3 is 1. The molecule has 0 aliphatic rings. The molecule has 1 aromatic rings. The summed E-state index contributed by atoms with van der Waals surface area (Å²) in [6.45, 7) is 1.49. The first-order chi connectivity index (χ1) is 7.97. The molecule has 0 bridgehead atoms. The van der Waals surface area contributed by atoms with Crippen LogP contribution in [0.3, 0.4) is 0 Å². The van der Waals surface area contributed by atoms with Crippen LogP contribution in [0.1, 0.15) is 23.7 Å². The minimum absolute atomic E-state index is 0.215. The number of esters is 1. The molecule has 0 saturated heterocycles. The summed E-state index contributed by atoms with van der Waals surface area (Å²) in [5.74, 6) is -4.14. The normalized spacial score (nSPS) is 12.0. The lowest BCUT2D eigenvalue weighted by molar-refractivity contribution is -0.144. The average Bonchev–Trinajstić information content (AvgIpc) is 2.31. The van der Waals surface area contributed by atoms with E-state index < -0.39 is 29.3 Å². The van der Waals surface area contributed by atoms with Crippen molar-refractivity contribution in [3.63, 3.8) is 0 Å². The largest absolute Gasteiger partial charge is 0.469 e. The summed E-state index contributed by atoms with van der Waals surface area (Å²) in [4.78, 5) is 22.7. The van der Waals surface area contributed by atoms with Crippen LogP contribution in [0.15, 0.2) is 18.2 Å². The smallest absolute Gasteiger partial charge is 0.308 e. The first kappa shape index (κ1) is 13.3. The zero-order valence-corrected chi connectivity index (χ0v) is 9.50. The van der Waals surface area contributed by atoms with Gasteiger partial charge in [-0.05, 0) is 12.1 Å². The lowest BCUT2D eigenvalue weighted by Crippen LogP contribution is -2.17. The van der Waals surface area contributed by atoms with Gasteiger partial charge in [-0.15, -0.1) is 0 Å². The van der Waals surface area contributed by atoms with Crippen LogP contribution in [0, 0.1) is 17.6 Å². The summed E-state index contributed by atoms with van der Waals surface area (Å²) in [6.07, 6.45) is -0.215. The molecule has 5 heteroatoms. The third-order valence-corrected chi connectivity index (χ3v) is 2.35. The molecule has 17 heavy (non-hydrogen) atoms. The number of halogens is 2. The molecule has 1 rings (SSSR count). The van der Waals surface area contributed by atoms with Crippen molar-refractivity contribution in [2.45, 2.75) is 13.3 Å². The number of carbonyl (C=O) groups is 2. The summed E-state index contributed by atoms with van der Waals surface area (Å²) < 4.78 is 30.6. The monoisotopic (exact) mass is 242 g/mol. The minimum atomic E-state index is -1.19. The van der Waals surface area contributed by atoms with Crippen LogP contribution in [0.4, 0.5) is 8.78 Å². The molecule has 92 valence electrons.